The summed E-state index contributed by atoms with van der Waals surface area (Å²) in [6.45, 7) is 0. The lowest BCUT2D eigenvalue weighted by Gasteiger charge is -2.19. The number of hydrogen-bond donors (Lipinski definition) is 5. The molecule has 9 nitrogen and oxygen atoms in total. The molecule has 1 amide bonds. The summed E-state index contributed by atoms with van der Waals surface area (Å²) < 4.78 is 0. The molecule has 1 aliphatic carbocycles. The van der Waals surface area contributed by atoms with Crippen molar-refractivity contribution >= 4 is 55.7 Å². The largest absolute Gasteiger partial charge is 0.404 e. The minimum Gasteiger partial charge on any atom is -0.404 e. The Balaban J connectivity index is 1.42. The Kier molecular flexibility index (Phi) is 5.28. The van der Waals surface area contributed by atoms with Gasteiger partial charge < -0.3 is 11.1 Å². The van der Waals surface area contributed by atoms with Gasteiger partial charge in [-0.1, -0.05) is 0 Å². The van der Waals surface area contributed by atoms with Gasteiger partial charge in [0.2, 0.25) is 0 Å². The Bertz CT molecular complexity index is 1370. The zero-order chi connectivity index (χ0) is 22.1. The van der Waals surface area contributed by atoms with Crippen LogP contribution in [0.1, 0.15) is 16.9 Å². The number of H-pyrrole nitrogens is 1. The highest BCUT2D eigenvalue weighted by Gasteiger charge is 2.31. The Morgan fingerprint density at radius 3 is 3.12 bits per heavy atom. The monoisotopic (exact) mass is 447 g/mol. The van der Waals surface area contributed by atoms with Crippen LogP contribution < -0.4 is 21.4 Å². The van der Waals surface area contributed by atoms with E-state index in [0.29, 0.717) is 12.3 Å². The molecule has 1 aromatic carbocycles. The van der Waals surface area contributed by atoms with E-state index in [1.807, 2.05) is 18.2 Å². The predicted octanol–water partition coefficient (Wildman–Crippen LogP) is 1.11. The summed E-state index contributed by atoms with van der Waals surface area (Å²) in [5.74, 6) is 1.27. The van der Waals surface area contributed by atoms with Crippen LogP contribution in [-0.2, 0) is 17.6 Å². The lowest BCUT2D eigenvalue weighted by atomic mass is 9.87. The Morgan fingerprint density at radius 2 is 2.28 bits per heavy atom. The number of carbonyl (C=O) groups excluding carboxylic acids is 1. The van der Waals surface area contributed by atoms with E-state index in [1.54, 1.807) is 37.0 Å². The molecule has 162 valence electrons. The number of aryl methyl sites for hydroxylation is 1. The molecule has 1 unspecified atom stereocenters. The van der Waals surface area contributed by atoms with E-state index < -0.39 is 0 Å². The van der Waals surface area contributed by atoms with Crippen LogP contribution in [0.4, 0.5) is 11.5 Å². The Morgan fingerprint density at radius 1 is 1.38 bits per heavy atom. The third-order valence-electron chi connectivity index (χ3n) is 5.71. The fraction of sp³-hybridized carbons (Fsp3) is 0.227. The maximum absolute atomic E-state index is 12.8. The van der Waals surface area contributed by atoms with Crippen LogP contribution in [0.5, 0.6) is 0 Å². The van der Waals surface area contributed by atoms with Crippen molar-refractivity contribution in [1.82, 2.24) is 25.5 Å². The molecular weight excluding hydrogens is 424 g/mol. The minimum atomic E-state index is -0.0991. The summed E-state index contributed by atoms with van der Waals surface area (Å²) in [7, 11) is 1.75. The van der Waals surface area contributed by atoms with E-state index in [1.165, 1.54) is 16.6 Å². The summed E-state index contributed by atoms with van der Waals surface area (Å²) in [4.78, 5) is 26.9. The number of fused-ring (bicyclic) bond motifs is 4. The molecule has 4 aromatic rings. The number of nitrogens with one attached hydrogen (secondary N) is 4. The second kappa shape index (κ2) is 8.39. The highest BCUT2D eigenvalue weighted by Crippen LogP contribution is 2.40. The second-order valence-corrected chi connectivity index (χ2v) is 8.74. The van der Waals surface area contributed by atoms with Crippen LogP contribution in [0.3, 0.4) is 0 Å². The van der Waals surface area contributed by atoms with Gasteiger partial charge in [-0.05, 0) is 43.0 Å². The van der Waals surface area contributed by atoms with Crippen LogP contribution >= 0.6 is 11.3 Å². The van der Waals surface area contributed by atoms with Crippen LogP contribution in [-0.4, -0.2) is 39.0 Å². The van der Waals surface area contributed by atoms with E-state index in [-0.39, 0.29) is 11.8 Å². The average molecular weight is 448 g/mol. The van der Waals surface area contributed by atoms with Gasteiger partial charge in [-0.3, -0.25) is 10.1 Å². The SMILES string of the molecule is C[NH+]=C(/C=C\N)NC(=O)C1CCc2c(sc3ncnc(Nc4ccc5[nH]ncc5c4)c23)C1. The number of aromatic nitrogens is 4. The highest BCUT2D eigenvalue weighted by molar-refractivity contribution is 7.19. The standard InChI is InChI=1S/C22H22N8OS/c1-24-18(6-7-23)29-21(31)12-2-4-15-17(9-12)32-22-19(15)20(25-11-26-22)28-14-3-5-16-13(8-14)10-27-30-16/h3,5-8,10-12H,2,4,9,23H2,1H3,(H,27,30)(H,24,29,31)(H,25,26,28)/p+1/b7-6-. The zero-order valence-electron chi connectivity index (χ0n) is 17.5. The molecule has 1 aliphatic rings. The number of amides is 1. The highest BCUT2D eigenvalue weighted by atomic mass is 32.1. The molecule has 3 heterocycles. The third-order valence-corrected chi connectivity index (χ3v) is 6.87. The molecule has 0 radical (unpaired) electrons. The van der Waals surface area contributed by atoms with Gasteiger partial charge in [0.05, 0.1) is 30.1 Å². The van der Waals surface area contributed by atoms with Gasteiger partial charge in [-0.2, -0.15) is 5.10 Å². The molecule has 10 heteroatoms. The lowest BCUT2D eigenvalue weighted by molar-refractivity contribution is -0.420. The summed E-state index contributed by atoms with van der Waals surface area (Å²) in [6.07, 6.45) is 8.68. The maximum atomic E-state index is 12.8. The van der Waals surface area contributed by atoms with Gasteiger partial charge in [0.25, 0.3) is 5.84 Å². The lowest BCUT2D eigenvalue weighted by Crippen LogP contribution is -2.72. The number of benzene rings is 1. The molecule has 0 aliphatic heterocycles. The predicted molar refractivity (Wildman–Crippen MR) is 126 cm³/mol. The van der Waals surface area contributed by atoms with Crippen molar-refractivity contribution in [2.24, 2.45) is 11.7 Å². The molecular formula is C22H23N8OS+. The Labute approximate surface area is 187 Å². The van der Waals surface area contributed by atoms with Gasteiger partial charge in [-0.25, -0.2) is 20.1 Å². The van der Waals surface area contributed by atoms with Crippen molar-refractivity contribution in [3.63, 3.8) is 0 Å². The van der Waals surface area contributed by atoms with E-state index in [0.717, 1.165) is 45.5 Å². The van der Waals surface area contributed by atoms with Crippen molar-refractivity contribution in [3.8, 4) is 0 Å². The van der Waals surface area contributed by atoms with E-state index >= 15 is 0 Å². The number of nitrogens with two attached hydrogens (primary N) is 1. The quantitative estimate of drug-likeness (QED) is 0.235. The van der Waals surface area contributed by atoms with Crippen LogP contribution in [0.2, 0.25) is 0 Å². The maximum Gasteiger partial charge on any atom is 0.310 e. The summed E-state index contributed by atoms with van der Waals surface area (Å²) in [5, 5.41) is 15.5. The first-order chi connectivity index (χ1) is 15.7. The summed E-state index contributed by atoms with van der Waals surface area (Å²) in [6, 6.07) is 6.03. The molecule has 0 fully saturated rings. The third kappa shape index (κ3) is 3.69. The zero-order valence-corrected chi connectivity index (χ0v) is 18.3. The minimum absolute atomic E-state index is 0.00611. The molecule has 1 atom stereocenters. The Hall–Kier alpha value is -3.79. The second-order valence-electron chi connectivity index (χ2n) is 7.66. The molecule has 3 aromatic heterocycles. The molecule has 32 heavy (non-hydrogen) atoms. The fourth-order valence-electron chi connectivity index (χ4n) is 4.10. The van der Waals surface area contributed by atoms with Crippen molar-refractivity contribution in [2.45, 2.75) is 19.3 Å². The molecule has 0 saturated carbocycles. The summed E-state index contributed by atoms with van der Waals surface area (Å²) >= 11 is 1.64. The number of anilines is 2. The van der Waals surface area contributed by atoms with E-state index in [9.17, 15) is 4.79 Å². The van der Waals surface area contributed by atoms with Gasteiger partial charge in [0, 0.05) is 28.2 Å². The molecule has 0 saturated heterocycles. The smallest absolute Gasteiger partial charge is 0.310 e. The van der Waals surface area contributed by atoms with Crippen molar-refractivity contribution in [3.05, 3.63) is 53.4 Å². The van der Waals surface area contributed by atoms with Gasteiger partial charge in [0.1, 0.15) is 17.0 Å². The van der Waals surface area contributed by atoms with Crippen LogP contribution in [0.25, 0.3) is 21.1 Å². The van der Waals surface area contributed by atoms with E-state index in [4.69, 9.17) is 5.73 Å². The first kappa shape index (κ1) is 20.1. The molecule has 5 rings (SSSR count). The van der Waals surface area contributed by atoms with Crippen molar-refractivity contribution in [1.29, 1.82) is 0 Å². The van der Waals surface area contributed by atoms with E-state index in [2.05, 4.69) is 35.8 Å². The summed E-state index contributed by atoms with van der Waals surface area (Å²) in [5.41, 5.74) is 8.61. The first-order valence-electron chi connectivity index (χ1n) is 10.4. The fourth-order valence-corrected chi connectivity index (χ4v) is 5.37. The van der Waals surface area contributed by atoms with Crippen LogP contribution in [0, 0.1) is 5.92 Å². The number of aromatic amines is 1. The molecule has 6 N–H and O–H groups in total. The number of carbonyl (C=O) groups is 1. The van der Waals surface area contributed by atoms with Crippen molar-refractivity contribution < 1.29 is 9.79 Å². The molecule has 0 bridgehead atoms. The number of hydrogen-bond acceptors (Lipinski definition) is 7. The van der Waals surface area contributed by atoms with Gasteiger partial charge >= 0.3 is 5.91 Å². The topological polar surface area (TPSA) is 136 Å². The normalized spacial score (nSPS) is 16.5. The molecule has 0 spiro atoms. The van der Waals surface area contributed by atoms with Gasteiger partial charge in [-0.15, -0.1) is 11.3 Å². The first-order valence-corrected chi connectivity index (χ1v) is 11.2. The number of amidine groups is 1. The number of thiophene rings is 1. The number of nitrogens with zero attached hydrogens (tertiary/aromatic N) is 3. The van der Waals surface area contributed by atoms with Crippen molar-refractivity contribution in [2.75, 3.05) is 12.4 Å². The number of rotatable bonds is 4. The average Bonchev–Trinajstić information content (AvgIpc) is 3.42. The van der Waals surface area contributed by atoms with Gasteiger partial charge in [0.15, 0.2) is 0 Å². The van der Waals surface area contributed by atoms with Crippen LogP contribution in [0.15, 0.2) is 43.0 Å².